The molecule has 2 saturated heterocycles. The molecule has 1 atom stereocenters. The van der Waals surface area contributed by atoms with Gasteiger partial charge in [-0.25, -0.2) is 4.79 Å². The molecule has 0 bridgehead atoms. The summed E-state index contributed by atoms with van der Waals surface area (Å²) in [5.41, 5.74) is -0.0222. The lowest BCUT2D eigenvalue weighted by atomic mass is 10.1. The standard InChI is InChI=1S/C23H19F3N2O5S/c1-2-28-15(12-32-22(28)31)9-13-3-6-16(7-4-13)33-18-8-5-14(10-17(18)23(24,25)26)11-19-20(29)27-21(30)34-19/h3-8,10-11,15H,2,9,12H2,1H3,(H,27,29,30)/b19-11-. The fourth-order valence-corrected chi connectivity index (χ4v) is 4.34. The molecule has 0 spiro atoms. The third kappa shape index (κ3) is 5.19. The lowest BCUT2D eigenvalue weighted by Gasteiger charge is -2.19. The monoisotopic (exact) mass is 492 g/mol. The molecule has 2 fully saturated rings. The van der Waals surface area contributed by atoms with E-state index in [2.05, 4.69) is 5.32 Å². The molecule has 1 N–H and O–H groups in total. The Morgan fingerprint density at radius 2 is 1.91 bits per heavy atom. The van der Waals surface area contributed by atoms with E-state index in [1.807, 2.05) is 6.92 Å². The van der Waals surface area contributed by atoms with Crippen molar-refractivity contribution in [2.75, 3.05) is 13.2 Å². The van der Waals surface area contributed by atoms with Crippen molar-refractivity contribution in [2.45, 2.75) is 25.6 Å². The highest BCUT2D eigenvalue weighted by Gasteiger charge is 2.35. The maximum Gasteiger partial charge on any atom is 0.420 e. The largest absolute Gasteiger partial charge is 0.457 e. The number of likely N-dealkylation sites (N-methyl/N-ethyl adjacent to an activating group) is 1. The highest BCUT2D eigenvalue weighted by atomic mass is 32.2. The Hall–Kier alpha value is -3.47. The first-order chi connectivity index (χ1) is 16.1. The molecule has 1 unspecified atom stereocenters. The van der Waals surface area contributed by atoms with E-state index in [-0.39, 0.29) is 35.0 Å². The molecule has 3 amide bonds. The van der Waals surface area contributed by atoms with E-state index in [1.54, 1.807) is 29.2 Å². The first-order valence-electron chi connectivity index (χ1n) is 10.3. The van der Waals surface area contributed by atoms with Crippen molar-refractivity contribution in [1.82, 2.24) is 10.2 Å². The molecule has 2 aliphatic heterocycles. The number of thioether (sulfide) groups is 1. The van der Waals surface area contributed by atoms with E-state index in [9.17, 15) is 27.6 Å². The van der Waals surface area contributed by atoms with Crippen molar-refractivity contribution >= 4 is 35.1 Å². The van der Waals surface area contributed by atoms with Gasteiger partial charge >= 0.3 is 12.3 Å². The van der Waals surface area contributed by atoms with Crippen LogP contribution in [0.2, 0.25) is 0 Å². The van der Waals surface area contributed by atoms with Gasteiger partial charge in [-0.05, 0) is 66.6 Å². The molecule has 34 heavy (non-hydrogen) atoms. The molecule has 0 aliphatic carbocycles. The molecule has 7 nitrogen and oxygen atoms in total. The van der Waals surface area contributed by atoms with Gasteiger partial charge in [-0.15, -0.1) is 0 Å². The van der Waals surface area contributed by atoms with Gasteiger partial charge in [0.1, 0.15) is 18.1 Å². The number of hydrogen-bond donors (Lipinski definition) is 1. The van der Waals surface area contributed by atoms with E-state index in [0.717, 1.165) is 11.6 Å². The number of nitrogens with one attached hydrogen (secondary N) is 1. The topological polar surface area (TPSA) is 84.9 Å². The average molecular weight is 492 g/mol. The average Bonchev–Trinajstić information content (AvgIpc) is 3.29. The van der Waals surface area contributed by atoms with Gasteiger partial charge in [-0.3, -0.25) is 14.9 Å². The zero-order valence-corrected chi connectivity index (χ0v) is 18.7. The van der Waals surface area contributed by atoms with E-state index in [4.69, 9.17) is 9.47 Å². The predicted molar refractivity (Wildman–Crippen MR) is 118 cm³/mol. The normalized spacial score (nSPS) is 19.5. The quantitative estimate of drug-likeness (QED) is 0.558. The first-order valence-corrected chi connectivity index (χ1v) is 11.1. The van der Waals surface area contributed by atoms with Crippen LogP contribution in [0.25, 0.3) is 6.08 Å². The van der Waals surface area contributed by atoms with Gasteiger partial charge in [0.15, 0.2) is 0 Å². The van der Waals surface area contributed by atoms with Crippen LogP contribution in [0.4, 0.5) is 22.8 Å². The number of cyclic esters (lactones) is 1. The van der Waals surface area contributed by atoms with Crippen molar-refractivity contribution in [3.05, 3.63) is 64.1 Å². The van der Waals surface area contributed by atoms with Crippen LogP contribution in [0.5, 0.6) is 11.5 Å². The minimum Gasteiger partial charge on any atom is -0.457 e. The lowest BCUT2D eigenvalue weighted by molar-refractivity contribution is -0.138. The van der Waals surface area contributed by atoms with Crippen LogP contribution in [0.1, 0.15) is 23.6 Å². The lowest BCUT2D eigenvalue weighted by Crippen LogP contribution is -2.34. The summed E-state index contributed by atoms with van der Waals surface area (Å²) in [5.74, 6) is -0.837. The number of benzene rings is 2. The van der Waals surface area contributed by atoms with Gasteiger partial charge in [0.2, 0.25) is 0 Å². The fourth-order valence-electron chi connectivity index (χ4n) is 3.66. The third-order valence-electron chi connectivity index (χ3n) is 5.29. The van der Waals surface area contributed by atoms with Gasteiger partial charge < -0.3 is 14.4 Å². The zero-order valence-electron chi connectivity index (χ0n) is 17.8. The van der Waals surface area contributed by atoms with E-state index >= 15 is 0 Å². The summed E-state index contributed by atoms with van der Waals surface area (Å²) in [5, 5.41) is 1.48. The van der Waals surface area contributed by atoms with Gasteiger partial charge in [0.25, 0.3) is 11.1 Å². The van der Waals surface area contributed by atoms with Crippen molar-refractivity contribution in [3.63, 3.8) is 0 Å². The fraction of sp³-hybridized carbons (Fsp3) is 0.261. The molecule has 2 aliphatic rings. The second-order valence-corrected chi connectivity index (χ2v) is 8.59. The molecule has 11 heteroatoms. The Labute approximate surface area is 196 Å². The molecule has 0 radical (unpaired) electrons. The minimum atomic E-state index is -4.71. The number of amides is 3. The molecular weight excluding hydrogens is 473 g/mol. The number of hydrogen-bond acceptors (Lipinski definition) is 6. The maximum absolute atomic E-state index is 13.7. The molecule has 178 valence electrons. The Bertz CT molecular complexity index is 1160. The number of ether oxygens (including phenoxy) is 2. The van der Waals surface area contributed by atoms with Crippen LogP contribution < -0.4 is 10.1 Å². The second kappa shape index (κ2) is 9.41. The maximum atomic E-state index is 13.7. The molecule has 0 aromatic heterocycles. The second-order valence-electron chi connectivity index (χ2n) is 7.57. The summed E-state index contributed by atoms with van der Waals surface area (Å²) in [6.07, 6.45) is -3.30. The summed E-state index contributed by atoms with van der Waals surface area (Å²) in [7, 11) is 0. The number of rotatable bonds is 6. The number of nitrogens with zero attached hydrogens (tertiary/aromatic N) is 1. The number of imide groups is 1. The summed E-state index contributed by atoms with van der Waals surface area (Å²) < 4.78 is 51.7. The van der Waals surface area contributed by atoms with Crippen molar-refractivity contribution in [2.24, 2.45) is 0 Å². The van der Waals surface area contributed by atoms with Crippen LogP contribution in [-0.2, 0) is 22.1 Å². The summed E-state index contributed by atoms with van der Waals surface area (Å²) in [6, 6.07) is 9.88. The molecule has 2 heterocycles. The van der Waals surface area contributed by atoms with Crippen LogP contribution in [0.15, 0.2) is 47.4 Å². The zero-order chi connectivity index (χ0) is 24.5. The predicted octanol–water partition coefficient (Wildman–Crippen LogP) is 5.20. The first kappa shape index (κ1) is 23.7. The summed E-state index contributed by atoms with van der Waals surface area (Å²) in [4.78, 5) is 36.3. The smallest absolute Gasteiger partial charge is 0.420 e. The van der Waals surface area contributed by atoms with Crippen molar-refractivity contribution in [3.8, 4) is 11.5 Å². The summed E-state index contributed by atoms with van der Waals surface area (Å²) in [6.45, 7) is 2.67. The van der Waals surface area contributed by atoms with Crippen LogP contribution >= 0.6 is 11.8 Å². The van der Waals surface area contributed by atoms with Crippen molar-refractivity contribution < 1.29 is 37.0 Å². The van der Waals surface area contributed by atoms with Crippen LogP contribution in [-0.4, -0.2) is 41.3 Å². The number of halogens is 3. The highest BCUT2D eigenvalue weighted by molar-refractivity contribution is 8.18. The van der Waals surface area contributed by atoms with Crippen LogP contribution in [0.3, 0.4) is 0 Å². The van der Waals surface area contributed by atoms with Gasteiger partial charge in [0, 0.05) is 6.54 Å². The van der Waals surface area contributed by atoms with Crippen molar-refractivity contribution in [1.29, 1.82) is 0 Å². The van der Waals surface area contributed by atoms with Crippen LogP contribution in [0, 0.1) is 0 Å². The Morgan fingerprint density at radius 3 is 2.53 bits per heavy atom. The van der Waals surface area contributed by atoms with Gasteiger partial charge in [-0.2, -0.15) is 13.2 Å². The van der Waals surface area contributed by atoms with Gasteiger partial charge in [-0.1, -0.05) is 18.2 Å². The van der Waals surface area contributed by atoms with E-state index in [0.29, 0.717) is 24.7 Å². The molecule has 2 aromatic rings. The highest BCUT2D eigenvalue weighted by Crippen LogP contribution is 2.39. The SMILES string of the molecule is CCN1C(=O)OCC1Cc1ccc(Oc2ccc(/C=C3\SC(=O)NC3=O)cc2C(F)(F)F)cc1. The van der Waals surface area contributed by atoms with E-state index in [1.165, 1.54) is 18.2 Å². The summed E-state index contributed by atoms with van der Waals surface area (Å²) >= 11 is 0.622. The Kier molecular flexibility index (Phi) is 6.56. The van der Waals surface area contributed by atoms with E-state index < -0.39 is 28.6 Å². The molecule has 0 saturated carbocycles. The Balaban J connectivity index is 1.52. The molecule has 4 rings (SSSR count). The van der Waals surface area contributed by atoms with Gasteiger partial charge in [0.05, 0.1) is 16.5 Å². The number of carbonyl (C=O) groups is 3. The minimum absolute atomic E-state index is 0.0124. The number of alkyl halides is 3. The third-order valence-corrected chi connectivity index (χ3v) is 6.10. The number of carbonyl (C=O) groups excluding carboxylic acids is 3. The molecule has 2 aromatic carbocycles. The Morgan fingerprint density at radius 1 is 1.18 bits per heavy atom. The molecular formula is C23H19F3N2O5S.